The van der Waals surface area contributed by atoms with Gasteiger partial charge in [-0.15, -0.1) is 0 Å². The van der Waals surface area contributed by atoms with Crippen molar-refractivity contribution in [3.63, 3.8) is 0 Å². The molecule has 1 aromatic carbocycles. The SMILES string of the molecule is NC(=O)COCCn1c(=S)[nH]c2c(F)cccc21. The molecular formula is C11H12FN3O2S. The van der Waals surface area contributed by atoms with Crippen molar-refractivity contribution in [3.05, 3.63) is 28.8 Å². The van der Waals surface area contributed by atoms with Gasteiger partial charge in [-0.1, -0.05) is 6.07 Å². The van der Waals surface area contributed by atoms with Crippen molar-refractivity contribution in [2.45, 2.75) is 6.54 Å². The minimum atomic E-state index is -0.524. The smallest absolute Gasteiger partial charge is 0.243 e. The first-order chi connectivity index (χ1) is 8.59. The molecule has 2 rings (SSSR count). The van der Waals surface area contributed by atoms with Gasteiger partial charge < -0.3 is 20.0 Å². The molecule has 96 valence electrons. The molecule has 0 aliphatic heterocycles. The molecule has 5 nitrogen and oxygen atoms in total. The first-order valence-electron chi connectivity index (χ1n) is 5.32. The Morgan fingerprint density at radius 3 is 3.06 bits per heavy atom. The number of fused-ring (bicyclic) bond motifs is 1. The molecule has 0 unspecified atom stereocenters. The van der Waals surface area contributed by atoms with Gasteiger partial charge in [0.1, 0.15) is 17.9 Å². The summed E-state index contributed by atoms with van der Waals surface area (Å²) in [6, 6.07) is 4.74. The monoisotopic (exact) mass is 269 g/mol. The van der Waals surface area contributed by atoms with Gasteiger partial charge in [-0.2, -0.15) is 0 Å². The number of halogens is 1. The van der Waals surface area contributed by atoms with Crippen molar-refractivity contribution >= 4 is 29.2 Å². The van der Waals surface area contributed by atoms with E-state index in [9.17, 15) is 9.18 Å². The van der Waals surface area contributed by atoms with Crippen molar-refractivity contribution in [3.8, 4) is 0 Å². The van der Waals surface area contributed by atoms with Crippen LogP contribution in [0.25, 0.3) is 11.0 Å². The normalized spacial score (nSPS) is 10.9. The third-order valence-electron chi connectivity index (χ3n) is 2.46. The molecule has 0 spiro atoms. The summed E-state index contributed by atoms with van der Waals surface area (Å²) in [5, 5.41) is 0. The van der Waals surface area contributed by atoms with E-state index in [1.165, 1.54) is 6.07 Å². The Kier molecular flexibility index (Phi) is 3.73. The number of nitrogens with zero attached hydrogens (tertiary/aromatic N) is 1. The zero-order valence-corrected chi connectivity index (χ0v) is 10.3. The Morgan fingerprint density at radius 1 is 1.56 bits per heavy atom. The highest BCUT2D eigenvalue weighted by Gasteiger charge is 2.07. The summed E-state index contributed by atoms with van der Waals surface area (Å²) in [5.74, 6) is -0.876. The summed E-state index contributed by atoms with van der Waals surface area (Å²) < 4.78 is 20.7. The van der Waals surface area contributed by atoms with Crippen LogP contribution < -0.4 is 5.73 Å². The molecule has 0 atom stereocenters. The molecule has 1 aromatic heterocycles. The summed E-state index contributed by atoms with van der Waals surface area (Å²) in [6.07, 6.45) is 0. The number of nitrogens with one attached hydrogen (secondary N) is 1. The first-order valence-corrected chi connectivity index (χ1v) is 5.73. The number of carbonyl (C=O) groups excluding carboxylic acids is 1. The van der Waals surface area contributed by atoms with Gasteiger partial charge in [0.15, 0.2) is 4.77 Å². The number of ether oxygens (including phenoxy) is 1. The lowest BCUT2D eigenvalue weighted by molar-refractivity contribution is -0.122. The highest BCUT2D eigenvalue weighted by atomic mass is 32.1. The molecule has 0 saturated carbocycles. The van der Waals surface area contributed by atoms with Crippen LogP contribution >= 0.6 is 12.2 Å². The lowest BCUT2D eigenvalue weighted by Gasteiger charge is -2.04. The van der Waals surface area contributed by atoms with Crippen molar-refractivity contribution in [2.75, 3.05) is 13.2 Å². The van der Waals surface area contributed by atoms with Crippen LogP contribution in [0.15, 0.2) is 18.2 Å². The van der Waals surface area contributed by atoms with Crippen molar-refractivity contribution in [1.82, 2.24) is 9.55 Å². The van der Waals surface area contributed by atoms with Gasteiger partial charge in [0, 0.05) is 6.54 Å². The van der Waals surface area contributed by atoms with Gasteiger partial charge in [-0.05, 0) is 24.4 Å². The summed E-state index contributed by atoms with van der Waals surface area (Å²) in [4.78, 5) is 13.3. The van der Waals surface area contributed by atoms with Crippen LogP contribution in [-0.4, -0.2) is 28.7 Å². The number of aromatic nitrogens is 2. The zero-order chi connectivity index (χ0) is 13.1. The van der Waals surface area contributed by atoms with Crippen LogP contribution in [0.1, 0.15) is 0 Å². The average Bonchev–Trinajstić information content (AvgIpc) is 2.63. The third kappa shape index (κ3) is 2.57. The number of H-pyrrole nitrogens is 1. The molecule has 1 amide bonds. The number of rotatable bonds is 5. The second kappa shape index (κ2) is 5.28. The van der Waals surface area contributed by atoms with Gasteiger partial charge in [-0.25, -0.2) is 4.39 Å². The minimum absolute atomic E-state index is 0.135. The van der Waals surface area contributed by atoms with Gasteiger partial charge >= 0.3 is 0 Å². The van der Waals surface area contributed by atoms with E-state index < -0.39 is 5.91 Å². The predicted octanol–water partition coefficient (Wildman–Crippen LogP) is 1.34. The highest BCUT2D eigenvalue weighted by molar-refractivity contribution is 7.71. The Morgan fingerprint density at radius 2 is 2.33 bits per heavy atom. The van der Waals surface area contributed by atoms with Crippen molar-refractivity contribution < 1.29 is 13.9 Å². The fourth-order valence-electron chi connectivity index (χ4n) is 1.70. The largest absolute Gasteiger partial charge is 0.370 e. The number of imidazole rings is 1. The number of nitrogens with two attached hydrogens (primary N) is 1. The number of primary amides is 1. The van der Waals surface area contributed by atoms with E-state index in [1.807, 2.05) is 0 Å². The van der Waals surface area contributed by atoms with Crippen LogP contribution in [0.5, 0.6) is 0 Å². The molecule has 2 aromatic rings. The molecule has 1 heterocycles. The number of amides is 1. The minimum Gasteiger partial charge on any atom is -0.370 e. The van der Waals surface area contributed by atoms with Crippen LogP contribution in [0.3, 0.4) is 0 Å². The number of hydrogen-bond donors (Lipinski definition) is 2. The third-order valence-corrected chi connectivity index (χ3v) is 2.79. The van der Waals surface area contributed by atoms with E-state index in [1.54, 1.807) is 16.7 Å². The number of benzene rings is 1. The lowest BCUT2D eigenvalue weighted by atomic mass is 10.3. The summed E-state index contributed by atoms with van der Waals surface area (Å²) in [6.45, 7) is 0.570. The first kappa shape index (κ1) is 12.7. The Hall–Kier alpha value is -1.73. The number of aromatic amines is 1. The van der Waals surface area contributed by atoms with E-state index in [4.69, 9.17) is 22.7 Å². The molecule has 0 aliphatic carbocycles. The molecular weight excluding hydrogens is 257 g/mol. The Bertz CT molecular complexity index is 635. The maximum Gasteiger partial charge on any atom is 0.243 e. The summed E-state index contributed by atoms with van der Waals surface area (Å²) in [5.41, 5.74) is 5.99. The van der Waals surface area contributed by atoms with E-state index in [0.29, 0.717) is 22.3 Å². The summed E-state index contributed by atoms with van der Waals surface area (Å²) in [7, 11) is 0. The Balaban J connectivity index is 2.18. The lowest BCUT2D eigenvalue weighted by Crippen LogP contribution is -2.19. The van der Waals surface area contributed by atoms with Crippen LogP contribution in [-0.2, 0) is 16.1 Å². The van der Waals surface area contributed by atoms with Gasteiger partial charge in [0.25, 0.3) is 0 Å². The molecule has 0 saturated heterocycles. The van der Waals surface area contributed by atoms with Crippen LogP contribution in [0.4, 0.5) is 4.39 Å². The highest BCUT2D eigenvalue weighted by Crippen LogP contribution is 2.16. The van der Waals surface area contributed by atoms with Crippen LogP contribution in [0, 0.1) is 10.6 Å². The molecule has 3 N–H and O–H groups in total. The maximum absolute atomic E-state index is 13.5. The number of carbonyl (C=O) groups is 1. The second-order valence-electron chi connectivity index (χ2n) is 3.73. The molecule has 0 aliphatic rings. The quantitative estimate of drug-likeness (QED) is 0.635. The fourth-order valence-corrected chi connectivity index (χ4v) is 1.99. The topological polar surface area (TPSA) is 73.0 Å². The van der Waals surface area contributed by atoms with E-state index in [-0.39, 0.29) is 19.0 Å². The average molecular weight is 269 g/mol. The van der Waals surface area contributed by atoms with Gasteiger partial charge in [0.05, 0.1) is 12.1 Å². The molecule has 7 heteroatoms. The van der Waals surface area contributed by atoms with Crippen LogP contribution in [0.2, 0.25) is 0 Å². The molecule has 0 bridgehead atoms. The van der Waals surface area contributed by atoms with Crippen molar-refractivity contribution in [2.24, 2.45) is 5.73 Å². The predicted molar refractivity (Wildman–Crippen MR) is 67.1 cm³/mol. The molecule has 0 fully saturated rings. The Labute approximate surface area is 107 Å². The van der Waals surface area contributed by atoms with Gasteiger partial charge in [-0.3, -0.25) is 4.79 Å². The fraction of sp³-hybridized carbons (Fsp3) is 0.273. The molecule has 0 radical (unpaired) electrons. The van der Waals surface area contributed by atoms with Gasteiger partial charge in [0.2, 0.25) is 5.91 Å². The van der Waals surface area contributed by atoms with E-state index in [2.05, 4.69) is 4.98 Å². The zero-order valence-electron chi connectivity index (χ0n) is 9.48. The maximum atomic E-state index is 13.5. The van der Waals surface area contributed by atoms with Crippen molar-refractivity contribution in [1.29, 1.82) is 0 Å². The standard InChI is InChI=1S/C11H12FN3O2S/c12-7-2-1-3-8-10(7)14-11(18)15(8)4-5-17-6-9(13)16/h1-3H,4-6H2,(H2,13,16)(H,14,18). The summed E-state index contributed by atoms with van der Waals surface area (Å²) >= 11 is 5.11. The number of hydrogen-bond acceptors (Lipinski definition) is 3. The van der Waals surface area contributed by atoms with E-state index in [0.717, 1.165) is 0 Å². The molecule has 18 heavy (non-hydrogen) atoms. The second-order valence-corrected chi connectivity index (χ2v) is 4.12. The number of para-hydroxylation sites is 1. The van der Waals surface area contributed by atoms with E-state index >= 15 is 0 Å².